The Labute approximate surface area is 220 Å². The molecule has 0 unspecified atom stereocenters. The van der Waals surface area contributed by atoms with Crippen molar-refractivity contribution in [2.24, 2.45) is 5.92 Å². The zero-order chi connectivity index (χ0) is 25.8. The fourth-order valence-electron chi connectivity index (χ4n) is 4.85. The first-order chi connectivity index (χ1) is 17.8. The maximum atomic E-state index is 4.99. The lowest BCUT2D eigenvalue weighted by molar-refractivity contribution is 0.400. The van der Waals surface area contributed by atoms with E-state index in [0.29, 0.717) is 5.92 Å². The predicted octanol–water partition coefficient (Wildman–Crippen LogP) is 6.74. The van der Waals surface area contributed by atoms with Gasteiger partial charge < -0.3 is 10.2 Å². The second-order valence-electron chi connectivity index (χ2n) is 11.1. The van der Waals surface area contributed by atoms with Crippen LogP contribution in [0, 0.1) is 12.8 Å². The van der Waals surface area contributed by atoms with Crippen LogP contribution in [0.2, 0.25) is 0 Å². The van der Waals surface area contributed by atoms with Crippen LogP contribution in [0.1, 0.15) is 50.3 Å². The van der Waals surface area contributed by atoms with Gasteiger partial charge in [0.05, 0.1) is 5.69 Å². The molecule has 1 aliphatic rings. The van der Waals surface area contributed by atoms with Crippen molar-refractivity contribution in [3.63, 3.8) is 0 Å². The lowest BCUT2D eigenvalue weighted by Crippen LogP contribution is -2.35. The molecule has 6 nitrogen and oxygen atoms in total. The summed E-state index contributed by atoms with van der Waals surface area (Å²) in [5, 5.41) is 3.61. The first-order valence-electron chi connectivity index (χ1n) is 13.2. The molecular weight excluding hydrogens is 456 g/mol. The summed E-state index contributed by atoms with van der Waals surface area (Å²) in [5.41, 5.74) is 6.85. The van der Waals surface area contributed by atoms with Gasteiger partial charge in [0.2, 0.25) is 5.95 Å². The number of hydrogen-bond acceptors (Lipinski definition) is 6. The van der Waals surface area contributed by atoms with Crippen LogP contribution in [-0.4, -0.2) is 33.0 Å². The van der Waals surface area contributed by atoms with Crippen molar-refractivity contribution in [3.8, 4) is 11.3 Å². The third-order valence-corrected chi connectivity index (χ3v) is 7.21. The van der Waals surface area contributed by atoms with Gasteiger partial charge in [0.15, 0.2) is 0 Å². The number of nitrogens with one attached hydrogen (secondary N) is 1. The Morgan fingerprint density at radius 1 is 0.919 bits per heavy atom. The Morgan fingerprint density at radius 2 is 1.70 bits per heavy atom. The van der Waals surface area contributed by atoms with E-state index in [1.165, 1.54) is 16.7 Å². The highest BCUT2D eigenvalue weighted by Gasteiger charge is 2.23. The van der Waals surface area contributed by atoms with Crippen LogP contribution in [-0.2, 0) is 11.8 Å². The van der Waals surface area contributed by atoms with Gasteiger partial charge in [-0.25, -0.2) is 4.98 Å². The standard InChI is InChI=1S/C31H36N6/c1-22-7-8-26(31(2,3)4)19-27(22)34-29-20-28(25-6-5-13-33-21-25)35-30(36-29)37-16-11-24(12-17-37)18-23-9-14-32-15-10-23/h5-10,13-15,19-21,24H,11-12,16-18H2,1-4H3,(H,34,35,36). The molecule has 1 N–H and O–H groups in total. The van der Waals surface area contributed by atoms with Gasteiger partial charge in [-0.2, -0.15) is 4.98 Å². The Bertz CT molecular complexity index is 1320. The van der Waals surface area contributed by atoms with E-state index < -0.39 is 0 Å². The van der Waals surface area contributed by atoms with Crippen LogP contribution in [0.25, 0.3) is 11.3 Å². The molecule has 0 radical (unpaired) electrons. The first-order valence-corrected chi connectivity index (χ1v) is 13.2. The van der Waals surface area contributed by atoms with E-state index in [1.807, 2.05) is 30.7 Å². The second kappa shape index (κ2) is 10.7. The molecule has 0 saturated carbocycles. The minimum absolute atomic E-state index is 0.0719. The van der Waals surface area contributed by atoms with Gasteiger partial charge >= 0.3 is 0 Å². The molecule has 1 saturated heterocycles. The highest BCUT2D eigenvalue weighted by atomic mass is 15.3. The summed E-state index contributed by atoms with van der Waals surface area (Å²) in [6, 6.07) is 16.9. The van der Waals surface area contributed by atoms with Crippen LogP contribution >= 0.6 is 0 Å². The molecule has 6 heteroatoms. The van der Waals surface area contributed by atoms with E-state index in [9.17, 15) is 0 Å². The van der Waals surface area contributed by atoms with E-state index in [1.54, 1.807) is 6.20 Å². The molecule has 190 valence electrons. The number of nitrogens with zero attached hydrogens (tertiary/aromatic N) is 5. The summed E-state index contributed by atoms with van der Waals surface area (Å²) in [7, 11) is 0. The van der Waals surface area contributed by atoms with Crippen molar-refractivity contribution in [3.05, 3.63) is 90.0 Å². The molecule has 3 aromatic heterocycles. The average molecular weight is 493 g/mol. The van der Waals surface area contributed by atoms with E-state index in [4.69, 9.17) is 9.97 Å². The highest BCUT2D eigenvalue weighted by molar-refractivity contribution is 5.69. The maximum Gasteiger partial charge on any atom is 0.227 e. The van der Waals surface area contributed by atoms with Crippen molar-refractivity contribution < 1.29 is 0 Å². The molecule has 1 fully saturated rings. The molecule has 1 aliphatic heterocycles. The summed E-state index contributed by atoms with van der Waals surface area (Å²) >= 11 is 0. The fourth-order valence-corrected chi connectivity index (χ4v) is 4.85. The Hall–Kier alpha value is -3.80. The SMILES string of the molecule is Cc1ccc(C(C)(C)C)cc1Nc1cc(-c2cccnc2)nc(N2CCC(Cc3ccncc3)CC2)n1. The minimum Gasteiger partial charge on any atom is -0.341 e. The summed E-state index contributed by atoms with van der Waals surface area (Å²) in [6.07, 6.45) is 10.8. The van der Waals surface area contributed by atoms with E-state index in [2.05, 4.69) is 84.3 Å². The third-order valence-electron chi connectivity index (χ3n) is 7.21. The molecule has 0 spiro atoms. The average Bonchev–Trinajstić information content (AvgIpc) is 2.91. The molecule has 0 aliphatic carbocycles. The molecule has 0 bridgehead atoms. The quantitative estimate of drug-likeness (QED) is 0.321. The van der Waals surface area contributed by atoms with Gasteiger partial charge in [0.25, 0.3) is 0 Å². The van der Waals surface area contributed by atoms with Crippen molar-refractivity contribution >= 4 is 17.5 Å². The minimum atomic E-state index is 0.0719. The summed E-state index contributed by atoms with van der Waals surface area (Å²) in [4.78, 5) is 20.8. The van der Waals surface area contributed by atoms with Crippen LogP contribution < -0.4 is 10.2 Å². The van der Waals surface area contributed by atoms with Crippen molar-refractivity contribution in [1.29, 1.82) is 0 Å². The molecule has 0 amide bonds. The van der Waals surface area contributed by atoms with Gasteiger partial charge in [-0.1, -0.05) is 32.9 Å². The second-order valence-corrected chi connectivity index (χ2v) is 11.1. The zero-order valence-electron chi connectivity index (χ0n) is 22.3. The predicted molar refractivity (Wildman–Crippen MR) is 151 cm³/mol. The largest absolute Gasteiger partial charge is 0.341 e. The smallest absolute Gasteiger partial charge is 0.227 e. The van der Waals surface area contributed by atoms with Gasteiger partial charge in [-0.3, -0.25) is 9.97 Å². The zero-order valence-corrected chi connectivity index (χ0v) is 22.3. The third kappa shape index (κ3) is 6.13. The van der Waals surface area contributed by atoms with Crippen LogP contribution in [0.15, 0.2) is 73.3 Å². The topological polar surface area (TPSA) is 66.8 Å². The van der Waals surface area contributed by atoms with Crippen molar-refractivity contribution in [2.75, 3.05) is 23.3 Å². The molecular formula is C31H36N6. The number of pyridine rings is 2. The number of hydrogen-bond donors (Lipinski definition) is 1. The van der Waals surface area contributed by atoms with Crippen molar-refractivity contribution in [2.45, 2.75) is 52.4 Å². The van der Waals surface area contributed by atoms with Gasteiger partial charge in [-0.15, -0.1) is 0 Å². The Kier molecular flexibility index (Phi) is 7.17. The summed E-state index contributed by atoms with van der Waals surface area (Å²) < 4.78 is 0. The van der Waals surface area contributed by atoms with Crippen LogP contribution in [0.4, 0.5) is 17.5 Å². The Balaban J connectivity index is 1.41. The molecule has 0 atom stereocenters. The van der Waals surface area contributed by atoms with Crippen LogP contribution in [0.5, 0.6) is 0 Å². The summed E-state index contributed by atoms with van der Waals surface area (Å²) in [6.45, 7) is 10.7. The van der Waals surface area contributed by atoms with E-state index >= 15 is 0 Å². The normalized spacial score (nSPS) is 14.5. The highest BCUT2D eigenvalue weighted by Crippen LogP contribution is 2.31. The monoisotopic (exact) mass is 492 g/mol. The number of aromatic nitrogens is 4. The number of piperidine rings is 1. The van der Waals surface area contributed by atoms with Gasteiger partial charge in [0, 0.05) is 55.2 Å². The number of aryl methyl sites for hydroxylation is 1. The molecule has 1 aromatic carbocycles. The lowest BCUT2D eigenvalue weighted by Gasteiger charge is -2.32. The van der Waals surface area contributed by atoms with E-state index in [0.717, 1.165) is 61.1 Å². The molecule has 4 aromatic rings. The van der Waals surface area contributed by atoms with Crippen LogP contribution in [0.3, 0.4) is 0 Å². The maximum absolute atomic E-state index is 4.99. The number of rotatable bonds is 6. The molecule has 5 rings (SSSR count). The van der Waals surface area contributed by atoms with E-state index in [-0.39, 0.29) is 5.41 Å². The Morgan fingerprint density at radius 3 is 2.41 bits per heavy atom. The number of benzene rings is 1. The van der Waals surface area contributed by atoms with Gasteiger partial charge in [0.1, 0.15) is 5.82 Å². The molecule has 4 heterocycles. The van der Waals surface area contributed by atoms with Gasteiger partial charge in [-0.05, 0) is 84.5 Å². The molecule has 37 heavy (non-hydrogen) atoms. The summed E-state index contributed by atoms with van der Waals surface area (Å²) in [5.74, 6) is 2.24. The lowest BCUT2D eigenvalue weighted by atomic mass is 9.86. The number of anilines is 3. The fraction of sp³-hybridized carbons (Fsp3) is 0.355. The van der Waals surface area contributed by atoms with Crippen molar-refractivity contribution in [1.82, 2.24) is 19.9 Å². The first kappa shape index (κ1) is 24.9.